The van der Waals surface area contributed by atoms with Crippen LogP contribution in [-0.4, -0.2) is 13.1 Å². The lowest BCUT2D eigenvalue weighted by molar-refractivity contribution is 0.559. The Labute approximate surface area is 176 Å². The van der Waals surface area contributed by atoms with E-state index in [1.54, 1.807) is 0 Å². The molecule has 2 aliphatic rings. The predicted molar refractivity (Wildman–Crippen MR) is 122 cm³/mol. The van der Waals surface area contributed by atoms with Crippen LogP contribution in [0.25, 0.3) is 11.1 Å². The zero-order valence-corrected chi connectivity index (χ0v) is 17.8. The van der Waals surface area contributed by atoms with Gasteiger partial charge in [-0.15, -0.1) is 0 Å². The number of nitriles is 1. The molecule has 2 nitrogen and oxygen atoms in total. The van der Waals surface area contributed by atoms with Gasteiger partial charge in [0.05, 0.1) is 11.3 Å². The number of fused-ring (bicyclic) bond motifs is 1. The van der Waals surface area contributed by atoms with E-state index in [2.05, 4.69) is 47.4 Å². The number of nitrogens with zero attached hydrogens (tertiary/aromatic N) is 2. The Bertz CT molecular complexity index is 841. The largest absolute Gasteiger partial charge is 0.370 e. The van der Waals surface area contributed by atoms with Gasteiger partial charge in [-0.2, -0.15) is 5.26 Å². The van der Waals surface area contributed by atoms with E-state index in [0.29, 0.717) is 0 Å². The topological polar surface area (TPSA) is 27.0 Å². The van der Waals surface area contributed by atoms with Crippen molar-refractivity contribution < 1.29 is 0 Å². The lowest BCUT2D eigenvalue weighted by Gasteiger charge is -2.26. The summed E-state index contributed by atoms with van der Waals surface area (Å²) >= 11 is 0. The minimum Gasteiger partial charge on any atom is -0.370 e. The first-order chi connectivity index (χ1) is 14.4. The molecule has 0 unspecified atom stereocenters. The van der Waals surface area contributed by atoms with Crippen molar-refractivity contribution in [1.29, 1.82) is 5.26 Å². The zero-order valence-electron chi connectivity index (χ0n) is 17.8. The van der Waals surface area contributed by atoms with E-state index in [1.165, 1.54) is 92.1 Å². The van der Waals surface area contributed by atoms with Crippen molar-refractivity contribution in [2.24, 2.45) is 0 Å². The van der Waals surface area contributed by atoms with Crippen molar-refractivity contribution in [2.45, 2.75) is 77.0 Å². The zero-order chi connectivity index (χ0) is 19.9. The van der Waals surface area contributed by atoms with Gasteiger partial charge in [0.15, 0.2) is 0 Å². The molecular weight excluding hydrogens is 352 g/mol. The van der Waals surface area contributed by atoms with Crippen LogP contribution in [0.1, 0.15) is 80.9 Å². The lowest BCUT2D eigenvalue weighted by Crippen LogP contribution is -2.20. The molecule has 0 aromatic heterocycles. The molecule has 1 heterocycles. The fourth-order valence-corrected chi connectivity index (χ4v) is 5.20. The summed E-state index contributed by atoms with van der Waals surface area (Å²) in [6, 6.07) is 15.9. The van der Waals surface area contributed by atoms with E-state index < -0.39 is 0 Å². The van der Waals surface area contributed by atoms with Gasteiger partial charge in [0.1, 0.15) is 6.07 Å². The van der Waals surface area contributed by atoms with Gasteiger partial charge in [0.2, 0.25) is 0 Å². The van der Waals surface area contributed by atoms with Crippen molar-refractivity contribution in [3.63, 3.8) is 0 Å². The van der Waals surface area contributed by atoms with E-state index >= 15 is 0 Å². The summed E-state index contributed by atoms with van der Waals surface area (Å²) in [6.45, 7) is 2.17. The maximum Gasteiger partial charge on any atom is 0.102 e. The van der Waals surface area contributed by atoms with Crippen molar-refractivity contribution in [1.82, 2.24) is 0 Å². The van der Waals surface area contributed by atoms with Crippen LogP contribution in [0.5, 0.6) is 0 Å². The Morgan fingerprint density at radius 1 is 0.690 bits per heavy atom. The summed E-state index contributed by atoms with van der Waals surface area (Å²) in [5.41, 5.74) is 7.65. The lowest BCUT2D eigenvalue weighted by atomic mass is 9.85. The highest BCUT2D eigenvalue weighted by Gasteiger charge is 2.23. The molecule has 1 fully saturated rings. The van der Waals surface area contributed by atoms with Crippen LogP contribution >= 0.6 is 0 Å². The summed E-state index contributed by atoms with van der Waals surface area (Å²) in [7, 11) is 0. The quantitative estimate of drug-likeness (QED) is 0.553. The molecule has 0 spiro atoms. The molecule has 0 atom stereocenters. The highest BCUT2D eigenvalue weighted by atomic mass is 15.1. The Balaban J connectivity index is 1.85. The maximum atomic E-state index is 10.2. The monoisotopic (exact) mass is 386 g/mol. The second kappa shape index (κ2) is 9.97. The number of rotatable bonds is 2. The Morgan fingerprint density at radius 2 is 1.28 bits per heavy atom. The minimum absolute atomic E-state index is 0.971. The fourth-order valence-electron chi connectivity index (χ4n) is 5.20. The van der Waals surface area contributed by atoms with E-state index in [0.717, 1.165) is 31.5 Å². The molecule has 0 saturated carbocycles. The predicted octanol–water partition coefficient (Wildman–Crippen LogP) is 7.04. The molecule has 2 aromatic rings. The third-order valence-corrected chi connectivity index (χ3v) is 6.78. The van der Waals surface area contributed by atoms with Gasteiger partial charge in [0.25, 0.3) is 0 Å². The summed E-state index contributed by atoms with van der Waals surface area (Å²) in [5.74, 6) is 0. The van der Waals surface area contributed by atoms with E-state index in [1.807, 2.05) is 0 Å². The maximum absolute atomic E-state index is 10.2. The molecule has 0 amide bonds. The highest BCUT2D eigenvalue weighted by molar-refractivity contribution is 5.78. The number of hydrogen-bond acceptors (Lipinski definition) is 2. The summed E-state index contributed by atoms with van der Waals surface area (Å²) in [5, 5.41) is 10.2. The number of hydrogen-bond donors (Lipinski definition) is 0. The van der Waals surface area contributed by atoms with Crippen molar-refractivity contribution in [3.8, 4) is 17.2 Å². The molecule has 0 radical (unpaired) electrons. The fraction of sp³-hybridized carbons (Fsp3) is 0.519. The van der Waals surface area contributed by atoms with Gasteiger partial charge in [0, 0.05) is 13.1 Å². The Morgan fingerprint density at radius 3 is 1.90 bits per heavy atom. The molecule has 1 aliphatic heterocycles. The van der Waals surface area contributed by atoms with Crippen LogP contribution in [0.4, 0.5) is 5.69 Å². The van der Waals surface area contributed by atoms with E-state index in [4.69, 9.17) is 0 Å². The second-order valence-electron chi connectivity index (χ2n) is 8.78. The van der Waals surface area contributed by atoms with Crippen LogP contribution in [0.3, 0.4) is 0 Å². The standard InChI is InChI=1S/C27H34N2/c28-21-26-24-17-11-6-4-2-1-3-5-10-16-23(24)25(22-14-8-7-9-15-22)20-27(26)29-18-12-13-19-29/h7-9,14-15,20H,1-6,10-13,16-19H2. The van der Waals surface area contributed by atoms with Gasteiger partial charge in [-0.3, -0.25) is 0 Å². The molecule has 4 rings (SSSR count). The summed E-state index contributed by atoms with van der Waals surface area (Å²) in [6.07, 6.45) is 15.1. The molecule has 2 aromatic carbocycles. The van der Waals surface area contributed by atoms with E-state index in [9.17, 15) is 5.26 Å². The molecule has 0 N–H and O–H groups in total. The molecular formula is C27H34N2. The first-order valence-corrected chi connectivity index (χ1v) is 11.8. The molecule has 2 heteroatoms. The van der Waals surface area contributed by atoms with Gasteiger partial charge in [-0.1, -0.05) is 68.9 Å². The molecule has 0 bridgehead atoms. The number of benzene rings is 2. The van der Waals surface area contributed by atoms with Crippen LogP contribution < -0.4 is 4.90 Å². The van der Waals surface area contributed by atoms with Crippen molar-refractivity contribution in [3.05, 3.63) is 53.1 Å². The normalized spacial score (nSPS) is 18.4. The smallest absolute Gasteiger partial charge is 0.102 e. The second-order valence-corrected chi connectivity index (χ2v) is 8.78. The first kappa shape index (κ1) is 20.0. The third-order valence-electron chi connectivity index (χ3n) is 6.78. The SMILES string of the molecule is N#Cc1c(N2CCCC2)cc(-c2ccccc2)c2c1CCCCCCCCCC2. The average Bonchev–Trinajstić information content (AvgIpc) is 3.28. The van der Waals surface area contributed by atoms with Gasteiger partial charge in [-0.05, 0) is 66.8 Å². The third kappa shape index (κ3) is 4.67. The average molecular weight is 387 g/mol. The molecule has 29 heavy (non-hydrogen) atoms. The first-order valence-electron chi connectivity index (χ1n) is 11.8. The van der Waals surface area contributed by atoms with Crippen LogP contribution in [0, 0.1) is 11.3 Å². The van der Waals surface area contributed by atoms with Crippen molar-refractivity contribution in [2.75, 3.05) is 18.0 Å². The Hall–Kier alpha value is -2.27. The van der Waals surface area contributed by atoms with E-state index in [-0.39, 0.29) is 0 Å². The molecule has 1 saturated heterocycles. The Kier molecular flexibility index (Phi) is 6.88. The molecule has 152 valence electrons. The van der Waals surface area contributed by atoms with Crippen molar-refractivity contribution >= 4 is 5.69 Å². The summed E-state index contributed by atoms with van der Waals surface area (Å²) < 4.78 is 0. The van der Waals surface area contributed by atoms with Crippen LogP contribution in [-0.2, 0) is 12.8 Å². The highest BCUT2D eigenvalue weighted by Crippen LogP contribution is 2.38. The summed E-state index contributed by atoms with van der Waals surface area (Å²) in [4.78, 5) is 2.46. The van der Waals surface area contributed by atoms with Gasteiger partial charge >= 0.3 is 0 Å². The van der Waals surface area contributed by atoms with Crippen LogP contribution in [0.2, 0.25) is 0 Å². The number of anilines is 1. The molecule has 1 aliphatic carbocycles. The van der Waals surface area contributed by atoms with Crippen LogP contribution in [0.15, 0.2) is 36.4 Å². The minimum atomic E-state index is 0.971. The van der Waals surface area contributed by atoms with Gasteiger partial charge < -0.3 is 4.90 Å². The van der Waals surface area contributed by atoms with Gasteiger partial charge in [-0.25, -0.2) is 0 Å².